The van der Waals surface area contributed by atoms with E-state index in [-0.39, 0.29) is 30.8 Å². The molecule has 0 aliphatic heterocycles. The van der Waals surface area contributed by atoms with Crippen LogP contribution in [0.5, 0.6) is 0 Å². The van der Waals surface area contributed by atoms with Crippen LogP contribution in [0.1, 0.15) is 25.2 Å². The fourth-order valence-electron chi connectivity index (χ4n) is 2.57. The van der Waals surface area contributed by atoms with Gasteiger partial charge in [-0.25, -0.2) is 9.37 Å². The van der Waals surface area contributed by atoms with Crippen LogP contribution in [0.15, 0.2) is 34.9 Å². The van der Waals surface area contributed by atoms with Crippen LogP contribution in [0.25, 0.3) is 11.3 Å². The highest BCUT2D eigenvalue weighted by Crippen LogP contribution is 2.27. The number of nitrogens with zero attached hydrogens (tertiary/aromatic N) is 2. The van der Waals surface area contributed by atoms with Crippen molar-refractivity contribution in [2.75, 3.05) is 13.2 Å². The van der Waals surface area contributed by atoms with Crippen molar-refractivity contribution in [3.8, 4) is 11.3 Å². The van der Waals surface area contributed by atoms with E-state index in [4.69, 9.17) is 9.52 Å². The first-order valence-electron chi connectivity index (χ1n) is 7.79. The summed E-state index contributed by atoms with van der Waals surface area (Å²) in [6.07, 6.45) is 4.12. The number of aryl methyl sites for hydroxylation is 1. The van der Waals surface area contributed by atoms with Gasteiger partial charge in [-0.15, -0.1) is 0 Å². The summed E-state index contributed by atoms with van der Waals surface area (Å²) < 4.78 is 19.3. The van der Waals surface area contributed by atoms with Crippen molar-refractivity contribution in [3.63, 3.8) is 0 Å². The second kappa shape index (κ2) is 6.91. The second-order valence-electron chi connectivity index (χ2n) is 5.64. The molecule has 1 saturated carbocycles. The number of hydrogen-bond acceptors (Lipinski definition) is 4. The standard InChI is InChI=1S/C17H19FN2O3/c18-14-4-2-1-3-13(14)15-11-19-16(23-15)7-8-17(22)20(9-10-21)12-5-6-12/h1-4,11-12,21H,5-10H2. The maximum atomic E-state index is 13.7. The molecule has 0 spiro atoms. The summed E-state index contributed by atoms with van der Waals surface area (Å²) in [5, 5.41) is 9.04. The molecule has 1 aromatic carbocycles. The monoisotopic (exact) mass is 318 g/mol. The largest absolute Gasteiger partial charge is 0.441 e. The summed E-state index contributed by atoms with van der Waals surface area (Å²) in [7, 11) is 0. The number of halogens is 1. The topological polar surface area (TPSA) is 66.6 Å². The van der Waals surface area contributed by atoms with Gasteiger partial charge in [-0.2, -0.15) is 0 Å². The third kappa shape index (κ3) is 3.76. The summed E-state index contributed by atoms with van der Waals surface area (Å²) in [6, 6.07) is 6.60. The van der Waals surface area contributed by atoms with Gasteiger partial charge in [-0.05, 0) is 25.0 Å². The van der Waals surface area contributed by atoms with Crippen molar-refractivity contribution >= 4 is 5.91 Å². The Morgan fingerprint density at radius 3 is 2.87 bits per heavy atom. The molecule has 1 amide bonds. The fourth-order valence-corrected chi connectivity index (χ4v) is 2.57. The number of rotatable bonds is 7. The summed E-state index contributed by atoms with van der Waals surface area (Å²) in [5.74, 6) is 0.401. The molecule has 1 aliphatic carbocycles. The normalized spacial score (nSPS) is 14.0. The van der Waals surface area contributed by atoms with E-state index in [1.165, 1.54) is 12.3 Å². The van der Waals surface area contributed by atoms with E-state index < -0.39 is 0 Å². The quantitative estimate of drug-likeness (QED) is 0.851. The van der Waals surface area contributed by atoms with Gasteiger partial charge in [0.1, 0.15) is 5.82 Å². The van der Waals surface area contributed by atoms with Gasteiger partial charge >= 0.3 is 0 Å². The van der Waals surface area contributed by atoms with Crippen molar-refractivity contribution in [2.24, 2.45) is 0 Å². The smallest absolute Gasteiger partial charge is 0.223 e. The summed E-state index contributed by atoms with van der Waals surface area (Å²) in [6.45, 7) is 0.342. The molecule has 1 fully saturated rings. The molecule has 3 rings (SSSR count). The average Bonchev–Trinajstić information content (AvgIpc) is 3.28. The summed E-state index contributed by atoms with van der Waals surface area (Å²) in [4.78, 5) is 18.0. The van der Waals surface area contributed by atoms with Gasteiger partial charge < -0.3 is 14.4 Å². The minimum Gasteiger partial charge on any atom is -0.441 e. The van der Waals surface area contributed by atoms with E-state index in [0.29, 0.717) is 30.2 Å². The van der Waals surface area contributed by atoms with Gasteiger partial charge in [0.15, 0.2) is 11.7 Å². The third-order valence-corrected chi connectivity index (χ3v) is 3.89. The second-order valence-corrected chi connectivity index (χ2v) is 5.64. The molecule has 0 radical (unpaired) electrons. The highest BCUT2D eigenvalue weighted by molar-refractivity contribution is 5.77. The molecular weight excluding hydrogens is 299 g/mol. The molecule has 5 nitrogen and oxygen atoms in total. The van der Waals surface area contributed by atoms with Crippen molar-refractivity contribution in [3.05, 3.63) is 42.2 Å². The van der Waals surface area contributed by atoms with Crippen molar-refractivity contribution in [1.29, 1.82) is 0 Å². The average molecular weight is 318 g/mol. The number of oxazole rings is 1. The van der Waals surface area contributed by atoms with Gasteiger partial charge in [-0.3, -0.25) is 4.79 Å². The zero-order chi connectivity index (χ0) is 16.2. The number of hydrogen-bond donors (Lipinski definition) is 1. The number of carbonyl (C=O) groups is 1. The van der Waals surface area contributed by atoms with Gasteiger partial charge in [0, 0.05) is 25.4 Å². The SMILES string of the molecule is O=C(CCc1ncc(-c2ccccc2F)o1)N(CCO)C1CC1. The zero-order valence-electron chi connectivity index (χ0n) is 12.7. The lowest BCUT2D eigenvalue weighted by Crippen LogP contribution is -2.35. The number of carbonyl (C=O) groups excluding carboxylic acids is 1. The fraction of sp³-hybridized carbons (Fsp3) is 0.412. The first-order chi connectivity index (χ1) is 11.2. The maximum Gasteiger partial charge on any atom is 0.223 e. The van der Waals surface area contributed by atoms with Crippen LogP contribution < -0.4 is 0 Å². The summed E-state index contributed by atoms with van der Waals surface area (Å²) >= 11 is 0. The number of aromatic nitrogens is 1. The van der Waals surface area contributed by atoms with Crippen molar-refractivity contribution in [1.82, 2.24) is 9.88 Å². The Morgan fingerprint density at radius 1 is 1.39 bits per heavy atom. The van der Waals surface area contributed by atoms with E-state index in [2.05, 4.69) is 4.98 Å². The molecule has 0 bridgehead atoms. The van der Waals surface area contributed by atoms with Gasteiger partial charge in [0.25, 0.3) is 0 Å². The van der Waals surface area contributed by atoms with Crippen molar-refractivity contribution in [2.45, 2.75) is 31.7 Å². The van der Waals surface area contributed by atoms with E-state index in [0.717, 1.165) is 12.8 Å². The predicted molar refractivity (Wildman–Crippen MR) is 82.0 cm³/mol. The number of aliphatic hydroxyl groups excluding tert-OH is 1. The Kier molecular flexibility index (Phi) is 4.71. The van der Waals surface area contributed by atoms with E-state index in [9.17, 15) is 9.18 Å². The number of benzene rings is 1. The minimum atomic E-state index is -0.367. The molecule has 6 heteroatoms. The number of amides is 1. The molecule has 122 valence electrons. The summed E-state index contributed by atoms with van der Waals surface area (Å²) in [5.41, 5.74) is 0.359. The lowest BCUT2D eigenvalue weighted by molar-refractivity contribution is -0.132. The van der Waals surface area contributed by atoms with Crippen LogP contribution in [0.2, 0.25) is 0 Å². The van der Waals surface area contributed by atoms with Crippen LogP contribution in [0, 0.1) is 5.82 Å². The van der Waals surface area contributed by atoms with Crippen LogP contribution in [-0.2, 0) is 11.2 Å². The number of aliphatic hydroxyl groups is 1. The minimum absolute atomic E-state index is 0.00723. The maximum absolute atomic E-state index is 13.7. The first-order valence-corrected chi connectivity index (χ1v) is 7.79. The van der Waals surface area contributed by atoms with Crippen LogP contribution in [0.4, 0.5) is 4.39 Å². The third-order valence-electron chi connectivity index (χ3n) is 3.89. The lowest BCUT2D eigenvalue weighted by atomic mass is 10.2. The van der Waals surface area contributed by atoms with E-state index >= 15 is 0 Å². The van der Waals surface area contributed by atoms with Gasteiger partial charge in [-0.1, -0.05) is 12.1 Å². The Balaban J connectivity index is 1.61. The molecule has 23 heavy (non-hydrogen) atoms. The molecule has 2 aromatic rings. The Bertz CT molecular complexity index is 682. The van der Waals surface area contributed by atoms with E-state index in [1.807, 2.05) is 0 Å². The Hall–Kier alpha value is -2.21. The molecule has 1 N–H and O–H groups in total. The Labute approximate surface area is 133 Å². The van der Waals surface area contributed by atoms with E-state index in [1.54, 1.807) is 23.1 Å². The molecular formula is C17H19FN2O3. The lowest BCUT2D eigenvalue weighted by Gasteiger charge is -2.20. The molecule has 1 aromatic heterocycles. The highest BCUT2D eigenvalue weighted by atomic mass is 19.1. The molecule has 1 aliphatic rings. The molecule has 0 atom stereocenters. The highest BCUT2D eigenvalue weighted by Gasteiger charge is 2.31. The van der Waals surface area contributed by atoms with Gasteiger partial charge in [0.2, 0.25) is 5.91 Å². The van der Waals surface area contributed by atoms with Crippen LogP contribution in [-0.4, -0.2) is 40.1 Å². The predicted octanol–water partition coefficient (Wildman–Crippen LogP) is 2.40. The van der Waals surface area contributed by atoms with Gasteiger partial charge in [0.05, 0.1) is 18.4 Å². The first kappa shape index (κ1) is 15.7. The van der Waals surface area contributed by atoms with Crippen LogP contribution in [0.3, 0.4) is 0 Å². The molecule has 1 heterocycles. The molecule has 0 saturated heterocycles. The van der Waals surface area contributed by atoms with Crippen molar-refractivity contribution < 1.29 is 18.7 Å². The Morgan fingerprint density at radius 2 is 2.17 bits per heavy atom. The zero-order valence-corrected chi connectivity index (χ0v) is 12.7. The van der Waals surface area contributed by atoms with Crippen LogP contribution >= 0.6 is 0 Å². The molecule has 0 unspecified atom stereocenters.